The van der Waals surface area contributed by atoms with E-state index in [1.54, 1.807) is 24.3 Å². The maximum Gasteiger partial charge on any atom is 0.320 e. The van der Waals surface area contributed by atoms with Crippen LogP contribution in [0.1, 0.15) is 0 Å². The minimum absolute atomic E-state index is 0.0559. The first-order valence-electron chi connectivity index (χ1n) is 7.65. The largest absolute Gasteiger partial charge is 0.484 e. The molecule has 0 unspecified atom stereocenters. The Kier molecular flexibility index (Phi) is 7.17. The quantitative estimate of drug-likeness (QED) is 0.640. The molecule has 0 aliphatic heterocycles. The number of hydrogen-bond donors (Lipinski definition) is 2. The Hall–Kier alpha value is -2.62. The number of hydrogen-bond acceptors (Lipinski definition) is 6. The molecule has 1 amide bonds. The van der Waals surface area contributed by atoms with Crippen LogP contribution in [0.4, 0.5) is 5.69 Å². The molecule has 0 spiro atoms. The zero-order chi connectivity index (χ0) is 19.9. The van der Waals surface area contributed by atoms with E-state index in [9.17, 15) is 18.0 Å². The highest BCUT2D eigenvalue weighted by molar-refractivity contribution is 7.89. The third-order valence-electron chi connectivity index (χ3n) is 3.25. The number of methoxy groups -OCH3 is 1. The van der Waals surface area contributed by atoms with Gasteiger partial charge in [-0.25, -0.2) is 8.42 Å². The molecule has 10 heteroatoms. The van der Waals surface area contributed by atoms with Crippen LogP contribution in [0, 0.1) is 0 Å². The molecule has 0 saturated carbocycles. The minimum atomic E-state index is -3.86. The number of nitrogens with one attached hydrogen (secondary N) is 2. The van der Waals surface area contributed by atoms with Crippen molar-refractivity contribution in [1.29, 1.82) is 0 Å². The molecule has 27 heavy (non-hydrogen) atoms. The molecule has 2 aromatic carbocycles. The number of ether oxygens (including phenoxy) is 2. The molecule has 0 radical (unpaired) electrons. The summed E-state index contributed by atoms with van der Waals surface area (Å²) in [7, 11) is -2.70. The van der Waals surface area contributed by atoms with Crippen LogP contribution in [0.2, 0.25) is 5.02 Å². The molecule has 0 heterocycles. The summed E-state index contributed by atoms with van der Waals surface area (Å²) in [5, 5.41) is 3.07. The summed E-state index contributed by atoms with van der Waals surface area (Å²) in [5.41, 5.74) is 0.390. The van der Waals surface area contributed by atoms with Crippen LogP contribution in [0.25, 0.3) is 0 Å². The smallest absolute Gasteiger partial charge is 0.320 e. The molecular weight excluding hydrogens is 396 g/mol. The minimum Gasteiger partial charge on any atom is -0.484 e. The Bertz CT molecular complexity index is 915. The van der Waals surface area contributed by atoms with Crippen LogP contribution in [-0.4, -0.2) is 40.6 Å². The second kappa shape index (κ2) is 9.36. The molecular formula is C17H17ClN2O6S. The molecule has 2 aromatic rings. The van der Waals surface area contributed by atoms with E-state index in [1.165, 1.54) is 24.3 Å². The van der Waals surface area contributed by atoms with Gasteiger partial charge in [-0.2, -0.15) is 4.72 Å². The molecule has 0 fully saturated rings. The topological polar surface area (TPSA) is 111 Å². The number of rotatable bonds is 8. The zero-order valence-electron chi connectivity index (χ0n) is 14.3. The Morgan fingerprint density at radius 3 is 2.44 bits per heavy atom. The third-order valence-corrected chi connectivity index (χ3v) is 4.90. The van der Waals surface area contributed by atoms with Gasteiger partial charge in [0.2, 0.25) is 10.0 Å². The van der Waals surface area contributed by atoms with E-state index >= 15 is 0 Å². The Morgan fingerprint density at radius 1 is 1.11 bits per heavy atom. The van der Waals surface area contributed by atoms with Gasteiger partial charge in [0.1, 0.15) is 12.3 Å². The van der Waals surface area contributed by atoms with E-state index in [1.807, 2.05) is 0 Å². The van der Waals surface area contributed by atoms with Crippen molar-refractivity contribution in [3.63, 3.8) is 0 Å². The predicted octanol–water partition coefficient (Wildman–Crippen LogP) is 1.81. The predicted molar refractivity (Wildman–Crippen MR) is 99.2 cm³/mol. The van der Waals surface area contributed by atoms with Gasteiger partial charge in [-0.1, -0.05) is 17.7 Å². The number of esters is 1. The summed E-state index contributed by atoms with van der Waals surface area (Å²) >= 11 is 5.83. The molecule has 0 saturated heterocycles. The number of sulfonamides is 1. The number of amides is 1. The van der Waals surface area contributed by atoms with E-state index in [0.717, 1.165) is 7.11 Å². The highest BCUT2D eigenvalue weighted by Gasteiger charge is 2.15. The van der Waals surface area contributed by atoms with Crippen molar-refractivity contribution < 1.29 is 27.5 Å². The number of anilines is 1. The van der Waals surface area contributed by atoms with Crippen LogP contribution in [-0.2, 0) is 24.3 Å². The van der Waals surface area contributed by atoms with Crippen LogP contribution >= 0.6 is 11.6 Å². The van der Waals surface area contributed by atoms with Gasteiger partial charge in [-0.05, 0) is 42.5 Å². The average Bonchev–Trinajstić information content (AvgIpc) is 2.65. The van der Waals surface area contributed by atoms with Crippen molar-refractivity contribution in [2.24, 2.45) is 0 Å². The highest BCUT2D eigenvalue weighted by atomic mass is 35.5. The second-order valence-electron chi connectivity index (χ2n) is 5.22. The first-order chi connectivity index (χ1) is 12.8. The van der Waals surface area contributed by atoms with Crippen molar-refractivity contribution in [3.8, 4) is 5.75 Å². The van der Waals surface area contributed by atoms with Crippen molar-refractivity contribution in [2.75, 3.05) is 25.6 Å². The summed E-state index contributed by atoms with van der Waals surface area (Å²) in [6.07, 6.45) is 0. The van der Waals surface area contributed by atoms with Gasteiger partial charge in [0, 0.05) is 10.7 Å². The van der Waals surface area contributed by atoms with E-state index in [-0.39, 0.29) is 11.5 Å². The van der Waals surface area contributed by atoms with Crippen molar-refractivity contribution in [2.45, 2.75) is 4.90 Å². The molecule has 0 aliphatic rings. The average molecular weight is 413 g/mol. The van der Waals surface area contributed by atoms with Crippen LogP contribution in [0.3, 0.4) is 0 Å². The van der Waals surface area contributed by atoms with Gasteiger partial charge in [0.15, 0.2) is 6.61 Å². The monoisotopic (exact) mass is 412 g/mol. The standard InChI is InChI=1S/C17H17ClN2O6S/c1-25-17(22)10-19-27(23,24)15-7-5-13(6-8-15)20-16(21)11-26-14-4-2-3-12(18)9-14/h2-9,19H,10-11H2,1H3,(H,20,21). The molecule has 0 bridgehead atoms. The lowest BCUT2D eigenvalue weighted by Gasteiger charge is -2.09. The van der Waals surface area contributed by atoms with Crippen LogP contribution < -0.4 is 14.8 Å². The normalized spacial score (nSPS) is 10.9. The first-order valence-corrected chi connectivity index (χ1v) is 9.51. The van der Waals surface area contributed by atoms with Gasteiger partial charge < -0.3 is 14.8 Å². The Balaban J connectivity index is 1.90. The van der Waals surface area contributed by atoms with E-state index < -0.39 is 28.4 Å². The number of carbonyl (C=O) groups excluding carboxylic acids is 2. The van der Waals surface area contributed by atoms with Gasteiger partial charge >= 0.3 is 5.97 Å². The Labute approximate surface area is 161 Å². The molecule has 2 N–H and O–H groups in total. The molecule has 2 rings (SSSR count). The molecule has 8 nitrogen and oxygen atoms in total. The molecule has 144 valence electrons. The first kappa shape index (κ1) is 20.7. The van der Waals surface area contributed by atoms with Crippen LogP contribution in [0.5, 0.6) is 5.75 Å². The van der Waals surface area contributed by atoms with Gasteiger partial charge in [0.05, 0.1) is 12.0 Å². The molecule has 0 atom stereocenters. The van der Waals surface area contributed by atoms with Crippen molar-refractivity contribution in [3.05, 3.63) is 53.6 Å². The van der Waals surface area contributed by atoms with E-state index in [2.05, 4.69) is 14.8 Å². The van der Waals surface area contributed by atoms with Gasteiger partial charge in [-0.15, -0.1) is 0 Å². The van der Waals surface area contributed by atoms with Crippen LogP contribution in [0.15, 0.2) is 53.4 Å². The lowest BCUT2D eigenvalue weighted by atomic mass is 10.3. The zero-order valence-corrected chi connectivity index (χ0v) is 15.8. The summed E-state index contributed by atoms with van der Waals surface area (Å²) in [6.45, 7) is -0.709. The second-order valence-corrected chi connectivity index (χ2v) is 7.42. The highest BCUT2D eigenvalue weighted by Crippen LogP contribution is 2.17. The maximum absolute atomic E-state index is 12.0. The fourth-order valence-electron chi connectivity index (χ4n) is 1.93. The van der Waals surface area contributed by atoms with Gasteiger partial charge in [0.25, 0.3) is 5.91 Å². The van der Waals surface area contributed by atoms with Gasteiger partial charge in [-0.3, -0.25) is 9.59 Å². The summed E-state index contributed by atoms with van der Waals surface area (Å²) in [5.74, 6) is -0.674. The fourth-order valence-corrected chi connectivity index (χ4v) is 3.08. The summed E-state index contributed by atoms with van der Waals surface area (Å²) in [4.78, 5) is 22.9. The summed E-state index contributed by atoms with van der Waals surface area (Å²) in [6, 6.07) is 12.1. The lowest BCUT2D eigenvalue weighted by molar-refractivity contribution is -0.139. The number of benzene rings is 2. The number of carbonyl (C=O) groups is 2. The third kappa shape index (κ3) is 6.55. The van der Waals surface area contributed by atoms with Crippen molar-refractivity contribution >= 4 is 39.2 Å². The van der Waals surface area contributed by atoms with E-state index in [0.29, 0.717) is 16.5 Å². The Morgan fingerprint density at radius 2 is 1.81 bits per heavy atom. The number of halogens is 1. The fraction of sp³-hybridized carbons (Fsp3) is 0.176. The molecule has 0 aromatic heterocycles. The van der Waals surface area contributed by atoms with E-state index in [4.69, 9.17) is 16.3 Å². The summed E-state index contributed by atoms with van der Waals surface area (Å²) < 4.78 is 35.9. The van der Waals surface area contributed by atoms with Crippen molar-refractivity contribution in [1.82, 2.24) is 4.72 Å². The SMILES string of the molecule is COC(=O)CNS(=O)(=O)c1ccc(NC(=O)COc2cccc(Cl)c2)cc1. The maximum atomic E-state index is 12.0. The molecule has 0 aliphatic carbocycles. The lowest BCUT2D eigenvalue weighted by Crippen LogP contribution is -2.30.